The van der Waals surface area contributed by atoms with Crippen LogP contribution in [0.15, 0.2) is 41.4 Å². The molecule has 4 heteroatoms. The first-order valence-electron chi connectivity index (χ1n) is 13.0. The molecule has 2 aromatic rings. The quantitative estimate of drug-likeness (QED) is 0.135. The van der Waals surface area contributed by atoms with Crippen LogP contribution in [0.4, 0.5) is 0 Å². The Bertz CT molecular complexity index is 984. The number of nitrogens with zero attached hydrogens (tertiary/aromatic N) is 1. The van der Waals surface area contributed by atoms with Crippen molar-refractivity contribution in [3.05, 3.63) is 58.7 Å². The Kier molecular flexibility index (Phi) is 10.6. The molecule has 0 spiro atoms. The predicted octanol–water partition coefficient (Wildman–Crippen LogP) is 8.29. The van der Waals surface area contributed by atoms with E-state index in [4.69, 9.17) is 14.5 Å². The average molecular weight is 498 g/mol. The van der Waals surface area contributed by atoms with Gasteiger partial charge in [0.2, 0.25) is 0 Å². The first kappa shape index (κ1) is 29.5. The number of ether oxygens (including phenoxy) is 2. The van der Waals surface area contributed by atoms with Gasteiger partial charge in [-0.25, -0.2) is 0 Å². The van der Waals surface area contributed by atoms with Crippen LogP contribution < -0.4 is 10.0 Å². The number of aryl methyl sites for hydroxylation is 1. The third-order valence-electron chi connectivity index (χ3n) is 6.30. The van der Waals surface area contributed by atoms with Crippen molar-refractivity contribution in [1.29, 1.82) is 0 Å². The Morgan fingerprint density at radius 3 is 2.26 bits per heavy atom. The normalized spacial score (nSPS) is 14.7. The van der Waals surface area contributed by atoms with Crippen LogP contribution in [-0.2, 0) is 15.3 Å². The lowest BCUT2D eigenvalue weighted by molar-refractivity contribution is 0.0494. The third-order valence-corrected chi connectivity index (χ3v) is 8.09. The molecule has 35 heavy (non-hydrogen) atoms. The Morgan fingerprint density at radius 1 is 0.971 bits per heavy atom. The summed E-state index contributed by atoms with van der Waals surface area (Å²) in [6.45, 7) is 20.4. The van der Waals surface area contributed by atoms with Crippen molar-refractivity contribution in [3.63, 3.8) is 0 Å². The molecule has 0 amide bonds. The van der Waals surface area contributed by atoms with Gasteiger partial charge in [-0.05, 0) is 61.5 Å². The fourth-order valence-electron chi connectivity index (χ4n) is 4.20. The van der Waals surface area contributed by atoms with Crippen LogP contribution in [0.25, 0.3) is 0 Å². The fraction of sp³-hybridized carbons (Fsp3) is 0.581. The number of aliphatic imine (C=N–C) groups is 1. The van der Waals surface area contributed by atoms with Crippen LogP contribution in [-0.4, -0.2) is 25.7 Å². The van der Waals surface area contributed by atoms with E-state index in [1.54, 1.807) is 7.11 Å². The van der Waals surface area contributed by atoms with Crippen LogP contribution in [0.3, 0.4) is 0 Å². The van der Waals surface area contributed by atoms with Crippen molar-refractivity contribution in [2.75, 3.05) is 13.9 Å². The van der Waals surface area contributed by atoms with Crippen LogP contribution in [0.5, 0.6) is 5.75 Å². The molecule has 0 fully saturated rings. The summed E-state index contributed by atoms with van der Waals surface area (Å²) in [6, 6.07) is 13.4. The summed E-state index contributed by atoms with van der Waals surface area (Å²) in [7, 11) is 2.28. The highest BCUT2D eigenvalue weighted by atomic mass is 31.1. The van der Waals surface area contributed by atoms with Gasteiger partial charge in [-0.1, -0.05) is 98.9 Å². The molecule has 0 N–H and O–H groups in total. The molecule has 2 atom stereocenters. The van der Waals surface area contributed by atoms with E-state index < -0.39 is 0 Å². The van der Waals surface area contributed by atoms with Crippen LogP contribution in [0.2, 0.25) is 0 Å². The monoisotopic (exact) mass is 497 g/mol. The minimum atomic E-state index is -0.0973. The smallest absolute Gasteiger partial charge is 0.188 e. The van der Waals surface area contributed by atoms with Gasteiger partial charge in [0.1, 0.15) is 5.75 Å². The van der Waals surface area contributed by atoms with E-state index >= 15 is 0 Å². The van der Waals surface area contributed by atoms with Gasteiger partial charge in [0, 0.05) is 24.0 Å². The molecule has 0 radical (unpaired) electrons. The summed E-state index contributed by atoms with van der Waals surface area (Å²) in [6.07, 6.45) is 6.82. The molecule has 0 aromatic heterocycles. The second-order valence-corrected chi connectivity index (χ2v) is 13.8. The molecule has 194 valence electrons. The maximum atomic E-state index is 6.25. The molecule has 0 saturated heterocycles. The highest BCUT2D eigenvalue weighted by Crippen LogP contribution is 2.50. The van der Waals surface area contributed by atoms with Crippen molar-refractivity contribution in [1.82, 2.24) is 0 Å². The number of hydrogen-bond acceptors (Lipinski definition) is 3. The third kappa shape index (κ3) is 8.72. The van der Waals surface area contributed by atoms with Crippen LogP contribution in [0.1, 0.15) is 103 Å². The van der Waals surface area contributed by atoms with Crippen LogP contribution in [0, 0.1) is 6.92 Å². The highest BCUT2D eigenvalue weighted by molar-refractivity contribution is 7.48. The van der Waals surface area contributed by atoms with E-state index in [-0.39, 0.29) is 22.9 Å². The number of hydrogen-bond donors (Lipinski definition) is 0. The zero-order valence-corrected chi connectivity index (χ0v) is 24.8. The van der Waals surface area contributed by atoms with Gasteiger partial charge in [-0.2, -0.15) is 0 Å². The molecule has 0 aliphatic rings. The zero-order valence-electron chi connectivity index (χ0n) is 23.8. The minimum absolute atomic E-state index is 0.0595. The Labute approximate surface area is 216 Å². The summed E-state index contributed by atoms with van der Waals surface area (Å²) in [5.41, 5.74) is 5.01. The van der Waals surface area contributed by atoms with Crippen molar-refractivity contribution < 1.29 is 9.47 Å². The SMILES string of the molecule is CCCCCC(C)(Pc1ccccc1C=NC(C)(C)C)c1cc(C(C)(C)C)cc(C)c1OCOC. The second kappa shape index (κ2) is 12.5. The second-order valence-electron chi connectivity index (χ2n) is 11.9. The standard InChI is InChI=1S/C31H48NO2P/c1-11-12-15-18-31(9,35-27-17-14-13-16-24(27)21-32-30(6,7)8)26-20-25(29(3,4)5)19-23(2)28(26)34-22-33-10/h13-14,16-17,19-21,35H,11-12,15,18,22H2,1-10H3. The molecule has 0 saturated carbocycles. The Balaban J connectivity index is 2.68. The van der Waals surface area contributed by atoms with Crippen molar-refractivity contribution in [2.24, 2.45) is 4.99 Å². The average Bonchev–Trinajstić information content (AvgIpc) is 2.76. The molecule has 0 bridgehead atoms. The summed E-state index contributed by atoms with van der Waals surface area (Å²) < 4.78 is 11.6. The Morgan fingerprint density at radius 2 is 1.66 bits per heavy atom. The van der Waals surface area contributed by atoms with Crippen LogP contribution >= 0.6 is 8.58 Å². The lowest BCUT2D eigenvalue weighted by atomic mass is 9.82. The van der Waals surface area contributed by atoms with Crippen molar-refractivity contribution in [3.8, 4) is 5.75 Å². The lowest BCUT2D eigenvalue weighted by Gasteiger charge is -2.35. The molecule has 2 unspecified atom stereocenters. The first-order chi connectivity index (χ1) is 16.3. The molecular formula is C31H48NO2P. The number of rotatable bonds is 11. The molecule has 2 rings (SSSR count). The molecule has 0 aliphatic carbocycles. The van der Waals surface area contributed by atoms with E-state index in [1.807, 2.05) is 0 Å². The van der Waals surface area contributed by atoms with Crippen molar-refractivity contribution >= 4 is 20.1 Å². The van der Waals surface area contributed by atoms with Gasteiger partial charge in [-0.15, -0.1) is 0 Å². The Hall–Kier alpha value is -1.70. The summed E-state index contributed by atoms with van der Waals surface area (Å²) in [5.74, 6) is 0.979. The largest absolute Gasteiger partial charge is 0.467 e. The van der Waals surface area contributed by atoms with Gasteiger partial charge in [0.25, 0.3) is 0 Å². The summed E-state index contributed by atoms with van der Waals surface area (Å²) >= 11 is 0. The number of methoxy groups -OCH3 is 1. The van der Waals surface area contributed by atoms with E-state index in [0.29, 0.717) is 8.58 Å². The minimum Gasteiger partial charge on any atom is -0.467 e. The summed E-state index contributed by atoms with van der Waals surface area (Å²) in [5, 5.41) is 1.30. The maximum absolute atomic E-state index is 6.25. The molecule has 0 heterocycles. The molecule has 3 nitrogen and oxygen atoms in total. The van der Waals surface area contributed by atoms with Gasteiger partial charge in [-0.3, -0.25) is 4.99 Å². The van der Waals surface area contributed by atoms with E-state index in [2.05, 4.69) is 105 Å². The van der Waals surface area contributed by atoms with E-state index in [9.17, 15) is 0 Å². The van der Waals surface area contributed by atoms with Gasteiger partial charge < -0.3 is 9.47 Å². The number of benzene rings is 2. The number of unbranched alkanes of at least 4 members (excludes halogenated alkanes) is 2. The highest BCUT2D eigenvalue weighted by Gasteiger charge is 2.33. The molecule has 2 aromatic carbocycles. The topological polar surface area (TPSA) is 30.8 Å². The van der Waals surface area contributed by atoms with E-state index in [0.717, 1.165) is 12.2 Å². The predicted molar refractivity (Wildman–Crippen MR) is 156 cm³/mol. The zero-order chi connectivity index (χ0) is 26.3. The molecular weight excluding hydrogens is 449 g/mol. The maximum Gasteiger partial charge on any atom is 0.188 e. The van der Waals surface area contributed by atoms with Crippen molar-refractivity contribution in [2.45, 2.75) is 104 Å². The first-order valence-corrected chi connectivity index (χ1v) is 14.0. The van der Waals surface area contributed by atoms with Gasteiger partial charge in [0.05, 0.1) is 5.54 Å². The van der Waals surface area contributed by atoms with Gasteiger partial charge >= 0.3 is 0 Å². The molecule has 0 aliphatic heterocycles. The fourth-order valence-corrected chi connectivity index (χ4v) is 5.89. The lowest BCUT2D eigenvalue weighted by Crippen LogP contribution is -2.24. The van der Waals surface area contributed by atoms with E-state index in [1.165, 1.54) is 46.8 Å². The van der Waals surface area contributed by atoms with Gasteiger partial charge in [0.15, 0.2) is 6.79 Å². The summed E-state index contributed by atoms with van der Waals surface area (Å²) in [4.78, 5) is 4.82.